The number of hydrogen-bond acceptors (Lipinski definition) is 3. The van der Waals surface area contributed by atoms with E-state index >= 15 is 0 Å². The molecule has 3 nitrogen and oxygen atoms in total. The first-order valence-electron chi connectivity index (χ1n) is 8.35. The van der Waals surface area contributed by atoms with Gasteiger partial charge in [-0.2, -0.15) is 0 Å². The van der Waals surface area contributed by atoms with Crippen LogP contribution >= 0.6 is 15.9 Å². The average molecular weight is 388 g/mol. The zero-order valence-electron chi connectivity index (χ0n) is 13.9. The van der Waals surface area contributed by atoms with Crippen molar-refractivity contribution in [3.05, 3.63) is 69.7 Å². The lowest BCUT2D eigenvalue weighted by atomic mass is 10.1. The molecular formula is C20H22BrNO2. The highest BCUT2D eigenvalue weighted by atomic mass is 79.9. The van der Waals surface area contributed by atoms with E-state index in [9.17, 15) is 4.79 Å². The summed E-state index contributed by atoms with van der Waals surface area (Å²) in [5, 5.41) is 0. The molecular weight excluding hydrogens is 366 g/mol. The Labute approximate surface area is 151 Å². The third-order valence-electron chi connectivity index (χ3n) is 4.47. The second-order valence-electron chi connectivity index (χ2n) is 6.33. The zero-order valence-corrected chi connectivity index (χ0v) is 15.5. The molecule has 1 aliphatic rings. The van der Waals surface area contributed by atoms with Gasteiger partial charge in [-0.25, -0.2) is 4.79 Å². The van der Waals surface area contributed by atoms with E-state index in [1.54, 1.807) is 0 Å². The molecule has 2 aromatic rings. The minimum Gasteiger partial charge on any atom is -0.459 e. The summed E-state index contributed by atoms with van der Waals surface area (Å²) < 4.78 is 6.69. The summed E-state index contributed by atoms with van der Waals surface area (Å²) in [6.07, 6.45) is 1.81. The number of benzene rings is 2. The summed E-state index contributed by atoms with van der Waals surface area (Å²) >= 11 is 3.42. The van der Waals surface area contributed by atoms with Gasteiger partial charge >= 0.3 is 5.97 Å². The number of carbonyl (C=O) groups is 1. The van der Waals surface area contributed by atoms with Crippen LogP contribution in [0, 0.1) is 6.92 Å². The lowest BCUT2D eigenvalue weighted by Crippen LogP contribution is -2.37. The Morgan fingerprint density at radius 2 is 1.88 bits per heavy atom. The Morgan fingerprint density at radius 3 is 2.54 bits per heavy atom. The highest BCUT2D eigenvalue weighted by Gasteiger charge is 2.23. The van der Waals surface area contributed by atoms with E-state index in [0.717, 1.165) is 42.5 Å². The van der Waals surface area contributed by atoms with Gasteiger partial charge < -0.3 is 4.74 Å². The van der Waals surface area contributed by atoms with Crippen LogP contribution in [0.1, 0.15) is 34.3 Å². The van der Waals surface area contributed by atoms with Crippen LogP contribution in [0.25, 0.3) is 0 Å². The summed E-state index contributed by atoms with van der Waals surface area (Å²) in [6, 6.07) is 16.1. The normalized spacial score (nSPS) is 16.1. The number of rotatable bonds is 4. The monoisotopic (exact) mass is 387 g/mol. The number of hydrogen-bond donors (Lipinski definition) is 0. The van der Waals surface area contributed by atoms with E-state index in [-0.39, 0.29) is 12.1 Å². The van der Waals surface area contributed by atoms with Crippen molar-refractivity contribution in [1.29, 1.82) is 0 Å². The van der Waals surface area contributed by atoms with Crippen molar-refractivity contribution < 1.29 is 9.53 Å². The Hall–Kier alpha value is -1.65. The minimum atomic E-state index is -0.207. The highest BCUT2D eigenvalue weighted by Crippen LogP contribution is 2.20. The van der Waals surface area contributed by atoms with Crippen molar-refractivity contribution in [2.24, 2.45) is 0 Å². The second kappa shape index (κ2) is 7.95. The van der Waals surface area contributed by atoms with Gasteiger partial charge in [-0.15, -0.1) is 0 Å². The second-order valence-corrected chi connectivity index (χ2v) is 7.24. The quantitative estimate of drug-likeness (QED) is 0.719. The van der Waals surface area contributed by atoms with Gasteiger partial charge in [0, 0.05) is 24.1 Å². The lowest BCUT2D eigenvalue weighted by molar-refractivity contribution is 0.0103. The molecule has 1 fully saturated rings. The van der Waals surface area contributed by atoms with Crippen LogP contribution in [0.5, 0.6) is 0 Å². The SMILES string of the molecule is Cc1cc(Br)ccc1C(=O)OC1CCN(Cc2ccccc2)CC1. The van der Waals surface area contributed by atoms with Crippen LogP contribution < -0.4 is 0 Å². The largest absolute Gasteiger partial charge is 0.459 e. The van der Waals surface area contributed by atoms with Crippen molar-refractivity contribution in [3.8, 4) is 0 Å². The van der Waals surface area contributed by atoms with Crippen LogP contribution in [0.15, 0.2) is 53.0 Å². The maximum atomic E-state index is 12.4. The predicted molar refractivity (Wildman–Crippen MR) is 99.0 cm³/mol. The molecule has 0 amide bonds. The Balaban J connectivity index is 1.51. The van der Waals surface area contributed by atoms with Gasteiger partial charge in [-0.3, -0.25) is 4.90 Å². The molecule has 1 saturated heterocycles. The van der Waals surface area contributed by atoms with Crippen molar-refractivity contribution in [2.45, 2.75) is 32.4 Å². The topological polar surface area (TPSA) is 29.5 Å². The molecule has 2 aromatic carbocycles. The van der Waals surface area contributed by atoms with Crippen LogP contribution in [-0.2, 0) is 11.3 Å². The molecule has 0 unspecified atom stereocenters. The van der Waals surface area contributed by atoms with E-state index in [0.29, 0.717) is 5.56 Å². The molecule has 0 spiro atoms. The maximum Gasteiger partial charge on any atom is 0.338 e. The molecule has 24 heavy (non-hydrogen) atoms. The first-order chi connectivity index (χ1) is 11.6. The van der Waals surface area contributed by atoms with Crippen molar-refractivity contribution in [1.82, 2.24) is 4.90 Å². The van der Waals surface area contributed by atoms with Gasteiger partial charge in [0.25, 0.3) is 0 Å². The maximum absolute atomic E-state index is 12.4. The summed E-state index contributed by atoms with van der Waals surface area (Å²) in [5.74, 6) is -0.207. The molecule has 3 rings (SSSR count). The third-order valence-corrected chi connectivity index (χ3v) is 4.96. The van der Waals surface area contributed by atoms with E-state index in [1.807, 2.05) is 31.2 Å². The molecule has 1 aliphatic heterocycles. The van der Waals surface area contributed by atoms with E-state index in [1.165, 1.54) is 5.56 Å². The van der Waals surface area contributed by atoms with E-state index < -0.39 is 0 Å². The van der Waals surface area contributed by atoms with Gasteiger partial charge in [0.2, 0.25) is 0 Å². The minimum absolute atomic E-state index is 0.0209. The molecule has 0 bridgehead atoms. The average Bonchev–Trinajstić information content (AvgIpc) is 2.57. The molecule has 0 radical (unpaired) electrons. The number of carbonyl (C=O) groups excluding carboxylic acids is 1. The Bertz CT molecular complexity index is 694. The standard InChI is InChI=1S/C20H22BrNO2/c1-15-13-17(21)7-8-19(15)20(23)24-18-9-11-22(12-10-18)14-16-5-3-2-4-6-16/h2-8,13,18H,9-12,14H2,1H3. The number of likely N-dealkylation sites (tertiary alicyclic amines) is 1. The fraction of sp³-hybridized carbons (Fsp3) is 0.350. The molecule has 4 heteroatoms. The number of nitrogens with zero attached hydrogens (tertiary/aromatic N) is 1. The highest BCUT2D eigenvalue weighted by molar-refractivity contribution is 9.10. The van der Waals surface area contributed by atoms with Gasteiger partial charge in [0.1, 0.15) is 6.10 Å². The van der Waals surface area contributed by atoms with Crippen molar-refractivity contribution in [3.63, 3.8) is 0 Å². The predicted octanol–water partition coefficient (Wildman–Crippen LogP) is 4.58. The molecule has 0 aromatic heterocycles. The van der Waals surface area contributed by atoms with Crippen LogP contribution in [-0.4, -0.2) is 30.1 Å². The van der Waals surface area contributed by atoms with Crippen LogP contribution in [0.2, 0.25) is 0 Å². The summed E-state index contributed by atoms with van der Waals surface area (Å²) in [6.45, 7) is 4.83. The molecule has 1 heterocycles. The van der Waals surface area contributed by atoms with Gasteiger partial charge in [0.05, 0.1) is 5.56 Å². The molecule has 0 atom stereocenters. The molecule has 0 aliphatic carbocycles. The van der Waals surface area contributed by atoms with Crippen molar-refractivity contribution in [2.75, 3.05) is 13.1 Å². The summed E-state index contributed by atoms with van der Waals surface area (Å²) in [4.78, 5) is 14.8. The van der Waals surface area contributed by atoms with Crippen molar-refractivity contribution >= 4 is 21.9 Å². The lowest BCUT2D eigenvalue weighted by Gasteiger charge is -2.31. The van der Waals surface area contributed by atoms with E-state index in [4.69, 9.17) is 4.74 Å². The number of ether oxygens (including phenoxy) is 1. The van der Waals surface area contributed by atoms with Gasteiger partial charge in [0.15, 0.2) is 0 Å². The fourth-order valence-electron chi connectivity index (χ4n) is 3.10. The number of piperidine rings is 1. The smallest absolute Gasteiger partial charge is 0.338 e. The Kier molecular flexibility index (Phi) is 5.69. The first kappa shape index (κ1) is 17.2. The van der Waals surface area contributed by atoms with Crippen LogP contribution in [0.3, 0.4) is 0 Å². The van der Waals surface area contributed by atoms with Crippen LogP contribution in [0.4, 0.5) is 0 Å². The van der Waals surface area contributed by atoms with Gasteiger partial charge in [-0.05, 0) is 49.1 Å². The number of aryl methyl sites for hydroxylation is 1. The summed E-state index contributed by atoms with van der Waals surface area (Å²) in [5.41, 5.74) is 2.93. The number of halogens is 1. The van der Waals surface area contributed by atoms with Gasteiger partial charge in [-0.1, -0.05) is 46.3 Å². The molecule has 0 N–H and O–H groups in total. The number of esters is 1. The third kappa shape index (κ3) is 4.46. The fourth-order valence-corrected chi connectivity index (χ4v) is 3.57. The van der Waals surface area contributed by atoms with E-state index in [2.05, 4.69) is 45.1 Å². The molecule has 0 saturated carbocycles. The zero-order chi connectivity index (χ0) is 16.9. The summed E-state index contributed by atoms with van der Waals surface area (Å²) in [7, 11) is 0. The molecule has 126 valence electrons. The first-order valence-corrected chi connectivity index (χ1v) is 9.14. The Morgan fingerprint density at radius 1 is 1.17 bits per heavy atom.